The minimum Gasteiger partial charge on any atom is -0.368 e. The van der Waals surface area contributed by atoms with Gasteiger partial charge in [0.1, 0.15) is 0 Å². The molecule has 0 bridgehead atoms. The molecule has 1 aliphatic carbocycles. The van der Waals surface area contributed by atoms with Gasteiger partial charge in [-0.3, -0.25) is 4.79 Å². The van der Waals surface area contributed by atoms with Crippen LogP contribution in [0.25, 0.3) is 0 Å². The van der Waals surface area contributed by atoms with Gasteiger partial charge in [0.25, 0.3) is 0 Å². The third kappa shape index (κ3) is 2.41. The monoisotopic (exact) mass is 272 g/mol. The first-order chi connectivity index (χ1) is 9.58. The molecule has 0 N–H and O–H groups in total. The Morgan fingerprint density at radius 2 is 1.80 bits per heavy atom. The molecule has 2 unspecified atom stereocenters. The van der Waals surface area contributed by atoms with Gasteiger partial charge in [0.2, 0.25) is 5.91 Å². The lowest BCUT2D eigenvalue weighted by molar-refractivity contribution is -0.133. The first-order valence-electron chi connectivity index (χ1n) is 7.68. The first-order valence-corrected chi connectivity index (χ1v) is 7.68. The Labute approximate surface area is 121 Å². The van der Waals surface area contributed by atoms with Crippen LogP contribution in [0.15, 0.2) is 18.2 Å². The highest BCUT2D eigenvalue weighted by molar-refractivity contribution is 5.82. The summed E-state index contributed by atoms with van der Waals surface area (Å²) in [7, 11) is 0. The number of carbonyl (C=O) groups is 1. The largest absolute Gasteiger partial charge is 0.368 e. The molecule has 1 aromatic rings. The van der Waals surface area contributed by atoms with E-state index < -0.39 is 0 Å². The van der Waals surface area contributed by atoms with Crippen molar-refractivity contribution in [2.75, 3.05) is 31.1 Å². The second-order valence-electron chi connectivity index (χ2n) is 6.35. The molecule has 3 heteroatoms. The number of nitrogens with zero attached hydrogens (tertiary/aromatic N) is 2. The maximum absolute atomic E-state index is 12.2. The number of amides is 1. The summed E-state index contributed by atoms with van der Waals surface area (Å²) in [5.74, 6) is 1.32. The fraction of sp³-hybridized carbons (Fsp3) is 0.588. The number of aryl methyl sites for hydroxylation is 1. The van der Waals surface area contributed by atoms with Crippen LogP contribution in [0.3, 0.4) is 0 Å². The molecule has 2 atom stereocenters. The third-order valence-corrected chi connectivity index (χ3v) is 4.93. The van der Waals surface area contributed by atoms with Gasteiger partial charge in [0.15, 0.2) is 0 Å². The Bertz CT molecular complexity index is 518. The van der Waals surface area contributed by atoms with Crippen LogP contribution < -0.4 is 4.90 Å². The van der Waals surface area contributed by atoms with Crippen LogP contribution in [-0.2, 0) is 4.79 Å². The van der Waals surface area contributed by atoms with Gasteiger partial charge in [0.05, 0.1) is 0 Å². The lowest BCUT2D eigenvalue weighted by Crippen LogP contribution is -2.49. The average Bonchev–Trinajstić information content (AvgIpc) is 3.18. The van der Waals surface area contributed by atoms with Crippen LogP contribution in [0, 0.1) is 25.7 Å². The molecule has 2 fully saturated rings. The van der Waals surface area contributed by atoms with E-state index in [1.54, 1.807) is 0 Å². The maximum Gasteiger partial charge on any atom is 0.226 e. The Balaban J connectivity index is 1.63. The number of carbonyl (C=O) groups excluding carboxylic acids is 1. The summed E-state index contributed by atoms with van der Waals surface area (Å²) < 4.78 is 0. The second kappa shape index (κ2) is 5.12. The maximum atomic E-state index is 12.2. The molecule has 0 radical (unpaired) electrons. The summed E-state index contributed by atoms with van der Waals surface area (Å²) >= 11 is 0. The van der Waals surface area contributed by atoms with Crippen LogP contribution in [0.5, 0.6) is 0 Å². The lowest BCUT2D eigenvalue weighted by atomic mass is 10.1. The molecular formula is C17H24N2O. The van der Waals surface area contributed by atoms with E-state index in [2.05, 4.69) is 48.8 Å². The predicted molar refractivity (Wildman–Crippen MR) is 82.0 cm³/mol. The SMILES string of the molecule is Cc1cccc(N2CCN(C(=O)C3CC3C)CC2)c1C. The van der Waals surface area contributed by atoms with Crippen molar-refractivity contribution < 1.29 is 4.79 Å². The first kappa shape index (κ1) is 13.5. The van der Waals surface area contributed by atoms with E-state index in [1.807, 2.05) is 0 Å². The van der Waals surface area contributed by atoms with Crippen molar-refractivity contribution in [2.45, 2.75) is 27.2 Å². The molecule has 1 heterocycles. The number of hydrogen-bond donors (Lipinski definition) is 0. The fourth-order valence-corrected chi connectivity index (χ4v) is 3.15. The van der Waals surface area contributed by atoms with Crippen molar-refractivity contribution in [3.05, 3.63) is 29.3 Å². The average molecular weight is 272 g/mol. The molecule has 1 aliphatic heterocycles. The van der Waals surface area contributed by atoms with Crippen LogP contribution in [-0.4, -0.2) is 37.0 Å². The predicted octanol–water partition coefficient (Wildman–Crippen LogP) is 2.61. The van der Waals surface area contributed by atoms with E-state index in [4.69, 9.17) is 0 Å². The van der Waals surface area contributed by atoms with Crippen LogP contribution >= 0.6 is 0 Å². The standard InChI is InChI=1S/C17H24N2O/c1-12-5-4-6-16(14(12)3)18-7-9-19(10-8-18)17(20)15-11-13(15)2/h4-6,13,15H,7-11H2,1-3H3. The fourth-order valence-electron chi connectivity index (χ4n) is 3.15. The molecule has 0 aromatic heterocycles. The normalized spacial score (nSPS) is 25.8. The quantitative estimate of drug-likeness (QED) is 0.826. The van der Waals surface area contributed by atoms with Gasteiger partial charge in [-0.05, 0) is 43.4 Å². The molecule has 1 amide bonds. The lowest BCUT2D eigenvalue weighted by Gasteiger charge is -2.37. The summed E-state index contributed by atoms with van der Waals surface area (Å²) in [6.07, 6.45) is 1.09. The van der Waals surface area contributed by atoms with Crippen LogP contribution in [0.2, 0.25) is 0 Å². The second-order valence-corrected chi connectivity index (χ2v) is 6.35. The highest BCUT2D eigenvalue weighted by Gasteiger charge is 2.41. The zero-order chi connectivity index (χ0) is 14.3. The van der Waals surface area contributed by atoms with Gasteiger partial charge < -0.3 is 9.80 Å². The molecule has 2 aliphatic rings. The van der Waals surface area contributed by atoms with Crippen LogP contribution in [0.1, 0.15) is 24.5 Å². The van der Waals surface area contributed by atoms with Crippen molar-refractivity contribution in [3.63, 3.8) is 0 Å². The zero-order valence-electron chi connectivity index (χ0n) is 12.7. The van der Waals surface area contributed by atoms with E-state index in [0.29, 0.717) is 17.7 Å². The van der Waals surface area contributed by atoms with E-state index >= 15 is 0 Å². The van der Waals surface area contributed by atoms with Gasteiger partial charge in [0, 0.05) is 37.8 Å². The van der Waals surface area contributed by atoms with E-state index in [0.717, 1.165) is 32.6 Å². The third-order valence-electron chi connectivity index (χ3n) is 4.93. The summed E-state index contributed by atoms with van der Waals surface area (Å²) in [5, 5.41) is 0. The molecule has 1 saturated carbocycles. The number of hydrogen-bond acceptors (Lipinski definition) is 2. The highest BCUT2D eigenvalue weighted by atomic mass is 16.2. The summed E-state index contributed by atoms with van der Waals surface area (Å²) in [4.78, 5) is 16.7. The molecule has 3 rings (SSSR count). The van der Waals surface area contributed by atoms with Crippen LogP contribution in [0.4, 0.5) is 5.69 Å². The summed E-state index contributed by atoms with van der Waals surface area (Å²) in [6, 6.07) is 6.48. The van der Waals surface area contributed by atoms with Crippen molar-refractivity contribution in [2.24, 2.45) is 11.8 Å². The molecular weight excluding hydrogens is 248 g/mol. The van der Waals surface area contributed by atoms with Gasteiger partial charge in [-0.25, -0.2) is 0 Å². The van der Waals surface area contributed by atoms with Gasteiger partial charge in [-0.2, -0.15) is 0 Å². The topological polar surface area (TPSA) is 23.6 Å². The number of anilines is 1. The minimum atomic E-state index is 0.322. The molecule has 1 aromatic carbocycles. The Morgan fingerprint density at radius 3 is 2.40 bits per heavy atom. The van der Waals surface area contributed by atoms with E-state index in [-0.39, 0.29) is 0 Å². The van der Waals surface area contributed by atoms with Gasteiger partial charge >= 0.3 is 0 Å². The Morgan fingerprint density at radius 1 is 1.15 bits per heavy atom. The van der Waals surface area contributed by atoms with E-state index in [1.165, 1.54) is 16.8 Å². The molecule has 0 spiro atoms. The summed E-state index contributed by atoms with van der Waals surface area (Å²) in [6.45, 7) is 10.2. The molecule has 20 heavy (non-hydrogen) atoms. The number of benzene rings is 1. The van der Waals surface area contributed by atoms with Crippen molar-refractivity contribution in [3.8, 4) is 0 Å². The minimum absolute atomic E-state index is 0.322. The van der Waals surface area contributed by atoms with Crippen molar-refractivity contribution in [1.29, 1.82) is 0 Å². The summed E-state index contributed by atoms with van der Waals surface area (Å²) in [5.41, 5.74) is 4.03. The van der Waals surface area contributed by atoms with Gasteiger partial charge in [-0.15, -0.1) is 0 Å². The number of rotatable bonds is 2. The number of piperazine rings is 1. The molecule has 3 nitrogen and oxygen atoms in total. The highest BCUT2D eigenvalue weighted by Crippen LogP contribution is 2.39. The van der Waals surface area contributed by atoms with E-state index in [9.17, 15) is 4.79 Å². The smallest absolute Gasteiger partial charge is 0.226 e. The Kier molecular flexibility index (Phi) is 3.45. The molecule has 108 valence electrons. The molecule has 1 saturated heterocycles. The zero-order valence-corrected chi connectivity index (χ0v) is 12.7. The Hall–Kier alpha value is -1.51. The van der Waals surface area contributed by atoms with Gasteiger partial charge in [-0.1, -0.05) is 19.1 Å². The van der Waals surface area contributed by atoms with Crippen molar-refractivity contribution >= 4 is 11.6 Å². The van der Waals surface area contributed by atoms with Crippen molar-refractivity contribution in [1.82, 2.24) is 4.90 Å².